The van der Waals surface area contributed by atoms with Crippen LogP contribution in [0.4, 0.5) is 0 Å². The van der Waals surface area contributed by atoms with E-state index in [0.29, 0.717) is 23.5 Å². The first-order chi connectivity index (χ1) is 15.2. The standard InChI is InChI=1S/C16H19BrN2.C4H4O4/c1-19(2)12-10-15(16-5-3-4-11-18-16)13-6-8-14(17)9-7-13;5-3(6)1-2-4(7)8/h3-9,11,15H,10,12H2,1-2H3;1-2H,(H,5,6)(H,7,8)/b;2-1-/i1D3,2D3;. The van der Waals surface area contributed by atoms with Gasteiger partial charge in [0, 0.05) is 42.7 Å². The molecule has 0 amide bonds. The lowest BCUT2D eigenvalue weighted by atomic mass is 9.92. The minimum atomic E-state index is -2.68. The molecule has 0 fully saturated rings. The second kappa shape index (κ2) is 12.0. The third-order valence-corrected chi connectivity index (χ3v) is 3.86. The van der Waals surface area contributed by atoms with Crippen LogP contribution in [0.25, 0.3) is 0 Å². The molecule has 0 saturated heterocycles. The van der Waals surface area contributed by atoms with E-state index >= 15 is 0 Å². The van der Waals surface area contributed by atoms with Gasteiger partial charge in [0.2, 0.25) is 0 Å². The van der Waals surface area contributed by atoms with Gasteiger partial charge in [-0.05, 0) is 56.7 Å². The van der Waals surface area contributed by atoms with Gasteiger partial charge in [-0.15, -0.1) is 0 Å². The zero-order chi connectivity index (χ0) is 25.2. The molecule has 2 aromatic rings. The van der Waals surface area contributed by atoms with E-state index in [9.17, 15) is 9.59 Å². The molecule has 1 aromatic carbocycles. The molecular formula is C20H23BrN2O4. The smallest absolute Gasteiger partial charge is 0.328 e. The number of aliphatic carboxylic acids is 2. The van der Waals surface area contributed by atoms with Crippen molar-refractivity contribution in [2.75, 3.05) is 20.5 Å². The van der Waals surface area contributed by atoms with Gasteiger partial charge >= 0.3 is 11.9 Å². The van der Waals surface area contributed by atoms with Crippen molar-refractivity contribution in [3.8, 4) is 0 Å². The number of hydrogen-bond donors (Lipinski definition) is 2. The Bertz CT molecular complexity index is 904. The van der Waals surface area contributed by atoms with Gasteiger partial charge in [-0.3, -0.25) is 4.98 Å². The SMILES string of the molecule is O=C(O)/C=C\C(=O)O.[2H]C([2H])([2H])N(CCC(c1ccc(Br)cc1)c1ccccn1)C([2H])([2H])[2H]. The number of hydrogen-bond acceptors (Lipinski definition) is 4. The molecule has 2 rings (SSSR count). The summed E-state index contributed by atoms with van der Waals surface area (Å²) < 4.78 is 46.0. The summed E-state index contributed by atoms with van der Waals surface area (Å²) in [5.41, 5.74) is 1.73. The lowest BCUT2D eigenvalue weighted by Crippen LogP contribution is -2.17. The Morgan fingerprint density at radius 3 is 2.26 bits per heavy atom. The first kappa shape index (κ1) is 14.5. The molecule has 0 spiro atoms. The third-order valence-electron chi connectivity index (χ3n) is 3.33. The Morgan fingerprint density at radius 1 is 1.15 bits per heavy atom. The van der Waals surface area contributed by atoms with Crippen LogP contribution in [0.2, 0.25) is 0 Å². The summed E-state index contributed by atoms with van der Waals surface area (Å²) in [5, 5.41) is 15.6. The van der Waals surface area contributed by atoms with E-state index in [0.717, 1.165) is 15.7 Å². The number of halogens is 1. The summed E-state index contributed by atoms with van der Waals surface area (Å²) in [7, 11) is 0. The van der Waals surface area contributed by atoms with Crippen molar-refractivity contribution < 1.29 is 28.0 Å². The second-order valence-electron chi connectivity index (χ2n) is 5.31. The Kier molecular flexibility index (Phi) is 6.45. The maximum absolute atomic E-state index is 9.55. The van der Waals surface area contributed by atoms with Gasteiger partial charge in [0.15, 0.2) is 0 Å². The van der Waals surface area contributed by atoms with Crippen molar-refractivity contribution in [1.29, 1.82) is 0 Å². The molecule has 0 aliphatic rings. The molecule has 2 N–H and O–H groups in total. The predicted molar refractivity (Wildman–Crippen MR) is 108 cm³/mol. The van der Waals surface area contributed by atoms with Gasteiger partial charge in [-0.25, -0.2) is 9.59 Å². The summed E-state index contributed by atoms with van der Waals surface area (Å²) in [6, 6.07) is 13.2. The highest BCUT2D eigenvalue weighted by atomic mass is 79.9. The van der Waals surface area contributed by atoms with Crippen molar-refractivity contribution in [3.63, 3.8) is 0 Å². The molecule has 27 heavy (non-hydrogen) atoms. The summed E-state index contributed by atoms with van der Waals surface area (Å²) in [6.45, 7) is -5.45. The maximum Gasteiger partial charge on any atom is 0.328 e. The number of carboxylic acids is 2. The number of nitrogens with zero attached hydrogens (tertiary/aromatic N) is 2. The van der Waals surface area contributed by atoms with E-state index in [1.807, 2.05) is 36.4 Å². The predicted octanol–water partition coefficient (Wildman–Crippen LogP) is 3.64. The first-order valence-corrected chi connectivity index (χ1v) is 8.59. The second-order valence-corrected chi connectivity index (χ2v) is 6.22. The average Bonchev–Trinajstić information content (AvgIpc) is 2.70. The molecule has 0 aliphatic carbocycles. The Labute approximate surface area is 175 Å². The van der Waals surface area contributed by atoms with E-state index in [-0.39, 0.29) is 12.5 Å². The Morgan fingerprint density at radius 2 is 1.78 bits per heavy atom. The molecule has 6 nitrogen and oxygen atoms in total. The summed E-state index contributed by atoms with van der Waals surface area (Å²) in [6.07, 6.45) is 3.12. The van der Waals surface area contributed by atoms with Crippen molar-refractivity contribution in [3.05, 3.63) is 76.5 Å². The number of rotatable bonds is 7. The van der Waals surface area contributed by atoms with Gasteiger partial charge < -0.3 is 15.1 Å². The number of carbonyl (C=O) groups is 2. The van der Waals surface area contributed by atoms with Crippen molar-refractivity contribution in [1.82, 2.24) is 9.88 Å². The van der Waals surface area contributed by atoms with Gasteiger partial charge in [0.1, 0.15) is 0 Å². The molecule has 1 heterocycles. The maximum atomic E-state index is 9.55. The van der Waals surface area contributed by atoms with Crippen LogP contribution in [0.15, 0.2) is 65.3 Å². The van der Waals surface area contributed by atoms with Crippen molar-refractivity contribution >= 4 is 27.9 Å². The molecule has 0 saturated carbocycles. The minimum Gasteiger partial charge on any atom is -0.478 e. The normalized spacial score (nSPS) is 15.9. The molecule has 1 unspecified atom stereocenters. The molecule has 144 valence electrons. The number of carboxylic acid groups (broad SMARTS) is 2. The van der Waals surface area contributed by atoms with E-state index in [1.165, 1.54) is 0 Å². The van der Waals surface area contributed by atoms with Crippen LogP contribution >= 0.6 is 15.9 Å². The highest BCUT2D eigenvalue weighted by Gasteiger charge is 2.15. The average molecular weight is 441 g/mol. The highest BCUT2D eigenvalue weighted by Crippen LogP contribution is 2.27. The minimum absolute atomic E-state index is 0.0930. The van der Waals surface area contributed by atoms with Crippen LogP contribution in [0.3, 0.4) is 0 Å². The first-order valence-electron chi connectivity index (χ1n) is 10.8. The molecule has 0 radical (unpaired) electrons. The fourth-order valence-corrected chi connectivity index (χ4v) is 2.43. The molecular weight excluding hydrogens is 412 g/mol. The fourth-order valence-electron chi connectivity index (χ4n) is 2.16. The van der Waals surface area contributed by atoms with Gasteiger partial charge in [-0.2, -0.15) is 0 Å². The topological polar surface area (TPSA) is 90.7 Å². The van der Waals surface area contributed by atoms with Crippen LogP contribution < -0.4 is 0 Å². The van der Waals surface area contributed by atoms with E-state index in [2.05, 4.69) is 20.9 Å². The lowest BCUT2D eigenvalue weighted by molar-refractivity contribution is -0.134. The zero-order valence-electron chi connectivity index (χ0n) is 20.2. The van der Waals surface area contributed by atoms with Crippen LogP contribution in [0, 0.1) is 0 Å². The zero-order valence-corrected chi connectivity index (χ0v) is 15.8. The largest absolute Gasteiger partial charge is 0.478 e. The van der Waals surface area contributed by atoms with Crippen molar-refractivity contribution in [2.24, 2.45) is 0 Å². The Hall–Kier alpha value is -2.51. The van der Waals surface area contributed by atoms with E-state index in [4.69, 9.17) is 18.4 Å². The van der Waals surface area contributed by atoms with Crippen LogP contribution in [-0.4, -0.2) is 52.5 Å². The molecule has 7 heteroatoms. The monoisotopic (exact) mass is 440 g/mol. The summed E-state index contributed by atoms with van der Waals surface area (Å²) >= 11 is 3.39. The number of benzene rings is 1. The summed E-state index contributed by atoms with van der Waals surface area (Å²) in [5.74, 6) is -2.71. The van der Waals surface area contributed by atoms with Crippen molar-refractivity contribution in [2.45, 2.75) is 12.3 Å². The lowest BCUT2D eigenvalue weighted by Gasteiger charge is -2.19. The number of aromatic nitrogens is 1. The molecule has 1 aromatic heterocycles. The van der Waals surface area contributed by atoms with Gasteiger partial charge in [-0.1, -0.05) is 34.1 Å². The van der Waals surface area contributed by atoms with E-state index < -0.39 is 25.9 Å². The molecule has 0 bridgehead atoms. The van der Waals surface area contributed by atoms with E-state index in [1.54, 1.807) is 12.3 Å². The van der Waals surface area contributed by atoms with Crippen LogP contribution in [-0.2, 0) is 9.59 Å². The highest BCUT2D eigenvalue weighted by molar-refractivity contribution is 9.10. The van der Waals surface area contributed by atoms with Crippen LogP contribution in [0.5, 0.6) is 0 Å². The van der Waals surface area contributed by atoms with Gasteiger partial charge in [0.25, 0.3) is 0 Å². The van der Waals surface area contributed by atoms with Gasteiger partial charge in [0.05, 0.1) is 0 Å². The quantitative estimate of drug-likeness (QED) is 0.638. The fraction of sp³-hybridized carbons (Fsp3) is 0.250. The third kappa shape index (κ3) is 9.67. The molecule has 0 aliphatic heterocycles. The molecule has 1 atom stereocenters. The van der Waals surface area contributed by atoms with Crippen LogP contribution in [0.1, 0.15) is 31.8 Å². The number of pyridine rings is 1. The Balaban J connectivity index is 0.000000582. The summed E-state index contributed by atoms with van der Waals surface area (Å²) in [4.78, 5) is 24.1.